The second-order valence-corrected chi connectivity index (χ2v) is 6.58. The number of carbonyl (C=O) groups excluding carboxylic acids is 1. The zero-order valence-electron chi connectivity index (χ0n) is 12.1. The van der Waals surface area contributed by atoms with E-state index < -0.39 is 0 Å². The van der Waals surface area contributed by atoms with E-state index in [1.54, 1.807) is 0 Å². The van der Waals surface area contributed by atoms with E-state index in [-0.39, 0.29) is 5.91 Å². The Kier molecular flexibility index (Phi) is 2.68. The standard InChI is InChI=1S/C17H22N2O/c1-2-18-11-14-10-17(14,12-18)13-5-7-15(8-6-13)19-9-3-4-16(19)20/h5-8,14H,2-4,9-12H2,1H3. The summed E-state index contributed by atoms with van der Waals surface area (Å²) in [5.74, 6) is 1.14. The highest BCUT2D eigenvalue weighted by Gasteiger charge is 2.60. The summed E-state index contributed by atoms with van der Waals surface area (Å²) in [7, 11) is 0. The van der Waals surface area contributed by atoms with Crippen LogP contribution in [0.4, 0.5) is 5.69 Å². The molecule has 1 saturated carbocycles. The molecule has 2 unspecified atom stereocenters. The first-order valence-electron chi connectivity index (χ1n) is 7.86. The topological polar surface area (TPSA) is 23.6 Å². The maximum atomic E-state index is 11.8. The van der Waals surface area contributed by atoms with Crippen LogP contribution < -0.4 is 4.90 Å². The minimum Gasteiger partial charge on any atom is -0.312 e. The van der Waals surface area contributed by atoms with Crippen molar-refractivity contribution in [2.24, 2.45) is 5.92 Å². The van der Waals surface area contributed by atoms with Gasteiger partial charge in [0.1, 0.15) is 0 Å². The van der Waals surface area contributed by atoms with Crippen LogP contribution in [0.5, 0.6) is 0 Å². The number of rotatable bonds is 3. The fourth-order valence-electron chi connectivity index (χ4n) is 4.17. The molecule has 106 valence electrons. The number of amides is 1. The molecule has 3 aliphatic rings. The monoisotopic (exact) mass is 270 g/mol. The Bertz CT molecular complexity index is 538. The Morgan fingerprint density at radius 1 is 1.30 bits per heavy atom. The fourth-order valence-corrected chi connectivity index (χ4v) is 4.17. The van der Waals surface area contributed by atoms with Crippen molar-refractivity contribution in [2.75, 3.05) is 31.1 Å². The van der Waals surface area contributed by atoms with Gasteiger partial charge in [-0.05, 0) is 43.0 Å². The van der Waals surface area contributed by atoms with Gasteiger partial charge in [0, 0.05) is 37.2 Å². The van der Waals surface area contributed by atoms with Crippen LogP contribution in [0.1, 0.15) is 31.7 Å². The lowest BCUT2D eigenvalue weighted by molar-refractivity contribution is -0.117. The summed E-state index contributed by atoms with van der Waals surface area (Å²) in [4.78, 5) is 16.3. The number of nitrogens with zero attached hydrogens (tertiary/aromatic N) is 2. The van der Waals surface area contributed by atoms with Crippen molar-refractivity contribution in [3.05, 3.63) is 29.8 Å². The van der Waals surface area contributed by atoms with Crippen LogP contribution in [-0.4, -0.2) is 37.0 Å². The number of likely N-dealkylation sites (N-methyl/N-ethyl adjacent to an activating group) is 1. The van der Waals surface area contributed by atoms with E-state index in [1.807, 2.05) is 4.90 Å². The first-order chi connectivity index (χ1) is 9.73. The fraction of sp³-hybridized carbons (Fsp3) is 0.588. The van der Waals surface area contributed by atoms with E-state index >= 15 is 0 Å². The Morgan fingerprint density at radius 3 is 2.70 bits per heavy atom. The molecule has 3 fully saturated rings. The third-order valence-electron chi connectivity index (χ3n) is 5.49. The minimum atomic E-state index is 0.276. The van der Waals surface area contributed by atoms with E-state index in [4.69, 9.17) is 0 Å². The predicted molar refractivity (Wildman–Crippen MR) is 79.9 cm³/mol. The zero-order chi connectivity index (χ0) is 13.7. The lowest BCUT2D eigenvalue weighted by atomic mass is 9.95. The molecule has 0 radical (unpaired) electrons. The maximum absolute atomic E-state index is 11.8. The average molecular weight is 270 g/mol. The van der Waals surface area contributed by atoms with Gasteiger partial charge in [-0.3, -0.25) is 4.79 Å². The number of carbonyl (C=O) groups is 1. The van der Waals surface area contributed by atoms with Crippen molar-refractivity contribution in [1.29, 1.82) is 0 Å². The van der Waals surface area contributed by atoms with Crippen molar-refractivity contribution >= 4 is 11.6 Å². The Morgan fingerprint density at radius 2 is 2.10 bits per heavy atom. The normalized spacial score (nSPS) is 32.8. The van der Waals surface area contributed by atoms with Gasteiger partial charge < -0.3 is 9.80 Å². The van der Waals surface area contributed by atoms with Crippen molar-refractivity contribution in [3.8, 4) is 0 Å². The number of benzene rings is 1. The molecule has 3 nitrogen and oxygen atoms in total. The molecule has 1 aliphatic carbocycles. The van der Waals surface area contributed by atoms with E-state index in [1.165, 1.54) is 31.6 Å². The zero-order valence-corrected chi connectivity index (χ0v) is 12.1. The molecule has 2 heterocycles. The van der Waals surface area contributed by atoms with Crippen molar-refractivity contribution in [3.63, 3.8) is 0 Å². The first kappa shape index (κ1) is 12.4. The van der Waals surface area contributed by atoms with Crippen molar-refractivity contribution in [2.45, 2.75) is 31.6 Å². The first-order valence-corrected chi connectivity index (χ1v) is 7.86. The highest BCUT2D eigenvalue weighted by Crippen LogP contribution is 2.59. The largest absolute Gasteiger partial charge is 0.312 e. The summed E-state index contributed by atoms with van der Waals surface area (Å²) in [6.45, 7) is 6.79. The molecule has 2 atom stereocenters. The lowest BCUT2D eigenvalue weighted by Gasteiger charge is -2.20. The van der Waals surface area contributed by atoms with Crippen LogP contribution in [0.2, 0.25) is 0 Å². The summed E-state index contributed by atoms with van der Waals surface area (Å²) in [5.41, 5.74) is 2.99. The minimum absolute atomic E-state index is 0.276. The van der Waals surface area contributed by atoms with Crippen molar-refractivity contribution in [1.82, 2.24) is 4.90 Å². The number of hydrogen-bond acceptors (Lipinski definition) is 2. The molecule has 2 aliphatic heterocycles. The van der Waals surface area contributed by atoms with Crippen LogP contribution in [-0.2, 0) is 10.2 Å². The Labute approximate surface area is 120 Å². The van der Waals surface area contributed by atoms with Gasteiger partial charge in [-0.15, -0.1) is 0 Å². The molecule has 0 spiro atoms. The number of hydrogen-bond donors (Lipinski definition) is 0. The number of likely N-dealkylation sites (tertiary alicyclic amines) is 1. The molecule has 3 heteroatoms. The SMILES string of the molecule is CCN1CC2CC2(c2ccc(N3CCCC3=O)cc2)C1. The second kappa shape index (κ2) is 4.32. The summed E-state index contributed by atoms with van der Waals surface area (Å²) in [6.07, 6.45) is 3.06. The van der Waals surface area contributed by atoms with Crippen LogP contribution in [0.25, 0.3) is 0 Å². The lowest BCUT2D eigenvalue weighted by Crippen LogP contribution is -2.26. The molecule has 0 N–H and O–H groups in total. The van der Waals surface area contributed by atoms with E-state index in [0.717, 1.165) is 24.6 Å². The van der Waals surface area contributed by atoms with Crippen molar-refractivity contribution < 1.29 is 4.79 Å². The van der Waals surface area contributed by atoms with Crippen LogP contribution in [0.3, 0.4) is 0 Å². The van der Waals surface area contributed by atoms with Crippen LogP contribution in [0, 0.1) is 5.92 Å². The van der Waals surface area contributed by atoms with Gasteiger partial charge in [-0.1, -0.05) is 19.1 Å². The van der Waals surface area contributed by atoms with E-state index in [2.05, 4.69) is 36.1 Å². The second-order valence-electron chi connectivity index (χ2n) is 6.58. The van der Waals surface area contributed by atoms with Gasteiger partial charge in [0.05, 0.1) is 0 Å². The predicted octanol–water partition coefficient (Wildman–Crippen LogP) is 2.41. The summed E-state index contributed by atoms with van der Waals surface area (Å²) in [5, 5.41) is 0. The molecule has 0 aromatic heterocycles. The van der Waals surface area contributed by atoms with Crippen LogP contribution in [0.15, 0.2) is 24.3 Å². The number of piperidine rings is 1. The molecular weight excluding hydrogens is 248 g/mol. The number of fused-ring (bicyclic) bond motifs is 1. The van der Waals surface area contributed by atoms with E-state index in [9.17, 15) is 4.79 Å². The third-order valence-corrected chi connectivity index (χ3v) is 5.49. The van der Waals surface area contributed by atoms with Gasteiger partial charge in [0.25, 0.3) is 0 Å². The highest BCUT2D eigenvalue weighted by atomic mass is 16.2. The smallest absolute Gasteiger partial charge is 0.227 e. The third kappa shape index (κ3) is 1.72. The van der Waals surface area contributed by atoms with Gasteiger partial charge in [-0.2, -0.15) is 0 Å². The van der Waals surface area contributed by atoms with Gasteiger partial charge in [0.2, 0.25) is 5.91 Å². The number of anilines is 1. The van der Waals surface area contributed by atoms with Crippen LogP contribution >= 0.6 is 0 Å². The molecule has 2 saturated heterocycles. The molecular formula is C17H22N2O. The average Bonchev–Trinajstić information content (AvgIpc) is 2.84. The van der Waals surface area contributed by atoms with Gasteiger partial charge in [-0.25, -0.2) is 0 Å². The summed E-state index contributed by atoms with van der Waals surface area (Å²) in [6, 6.07) is 8.83. The Hall–Kier alpha value is -1.35. The molecule has 1 amide bonds. The Balaban J connectivity index is 1.55. The van der Waals surface area contributed by atoms with Gasteiger partial charge >= 0.3 is 0 Å². The summed E-state index contributed by atoms with van der Waals surface area (Å²) < 4.78 is 0. The molecule has 4 rings (SSSR count). The quantitative estimate of drug-likeness (QED) is 0.842. The highest BCUT2D eigenvalue weighted by molar-refractivity contribution is 5.95. The summed E-state index contributed by atoms with van der Waals surface area (Å²) >= 11 is 0. The molecule has 20 heavy (non-hydrogen) atoms. The maximum Gasteiger partial charge on any atom is 0.227 e. The van der Waals surface area contributed by atoms with E-state index in [0.29, 0.717) is 11.8 Å². The van der Waals surface area contributed by atoms with Gasteiger partial charge in [0.15, 0.2) is 0 Å². The molecule has 0 bridgehead atoms. The molecule has 1 aromatic carbocycles. The molecule has 1 aromatic rings.